The van der Waals surface area contributed by atoms with Gasteiger partial charge in [0.2, 0.25) is 5.88 Å². The fourth-order valence-corrected chi connectivity index (χ4v) is 1.26. The van der Waals surface area contributed by atoms with E-state index in [4.69, 9.17) is 10.5 Å². The number of aromatic nitrogens is 1. The number of nitrogen functional groups attached to an aromatic ring is 1. The summed E-state index contributed by atoms with van der Waals surface area (Å²) in [5.41, 5.74) is 7.10. The SMILES string of the molecule is CCOc1nc(C)c(N)cc1Br. The van der Waals surface area contributed by atoms with Gasteiger partial charge in [-0.05, 0) is 35.8 Å². The minimum atomic E-state index is 0.601. The Bertz CT molecular complexity index is 289. The Kier molecular flexibility index (Phi) is 2.92. The normalized spacial score (nSPS) is 9.92. The lowest BCUT2D eigenvalue weighted by Crippen LogP contribution is -1.99. The number of ether oxygens (including phenoxy) is 1. The molecule has 0 aliphatic rings. The molecule has 12 heavy (non-hydrogen) atoms. The Labute approximate surface area is 80.1 Å². The van der Waals surface area contributed by atoms with Crippen LogP contribution >= 0.6 is 15.9 Å². The van der Waals surface area contributed by atoms with Crippen molar-refractivity contribution in [2.75, 3.05) is 12.3 Å². The zero-order valence-electron chi connectivity index (χ0n) is 7.10. The largest absolute Gasteiger partial charge is 0.477 e. The molecule has 0 bridgehead atoms. The number of halogens is 1. The molecule has 0 fully saturated rings. The zero-order valence-corrected chi connectivity index (χ0v) is 8.68. The maximum Gasteiger partial charge on any atom is 0.228 e. The number of aryl methyl sites for hydroxylation is 1. The van der Waals surface area contributed by atoms with Gasteiger partial charge in [0.15, 0.2) is 0 Å². The van der Waals surface area contributed by atoms with E-state index in [9.17, 15) is 0 Å². The molecule has 0 amide bonds. The summed E-state index contributed by atoms with van der Waals surface area (Å²) in [6, 6.07) is 1.80. The van der Waals surface area contributed by atoms with Crippen LogP contribution in [0.15, 0.2) is 10.5 Å². The van der Waals surface area contributed by atoms with Crippen molar-refractivity contribution in [3.8, 4) is 5.88 Å². The lowest BCUT2D eigenvalue weighted by Gasteiger charge is -2.06. The van der Waals surface area contributed by atoms with E-state index in [0.717, 1.165) is 10.2 Å². The number of nitrogens with zero attached hydrogens (tertiary/aromatic N) is 1. The summed E-state index contributed by atoms with van der Waals surface area (Å²) in [6.07, 6.45) is 0. The molecule has 66 valence electrons. The molecule has 2 N–H and O–H groups in total. The van der Waals surface area contributed by atoms with Crippen LogP contribution in [0.25, 0.3) is 0 Å². The predicted octanol–water partition coefficient (Wildman–Crippen LogP) is 2.13. The second-order valence-electron chi connectivity index (χ2n) is 2.38. The summed E-state index contributed by atoms with van der Waals surface area (Å²) in [5.74, 6) is 0.601. The van der Waals surface area contributed by atoms with Crippen LogP contribution in [-0.2, 0) is 0 Å². The van der Waals surface area contributed by atoms with Gasteiger partial charge in [-0.3, -0.25) is 0 Å². The van der Waals surface area contributed by atoms with Crippen LogP contribution < -0.4 is 10.5 Å². The summed E-state index contributed by atoms with van der Waals surface area (Å²) in [6.45, 7) is 4.37. The quantitative estimate of drug-likeness (QED) is 0.848. The molecular weight excluding hydrogens is 220 g/mol. The molecule has 0 saturated heterocycles. The first-order valence-electron chi connectivity index (χ1n) is 3.70. The number of hydrogen-bond donors (Lipinski definition) is 1. The monoisotopic (exact) mass is 230 g/mol. The van der Waals surface area contributed by atoms with E-state index in [1.165, 1.54) is 0 Å². The van der Waals surface area contributed by atoms with Gasteiger partial charge in [0, 0.05) is 0 Å². The third kappa shape index (κ3) is 1.88. The van der Waals surface area contributed by atoms with Crippen LogP contribution in [-0.4, -0.2) is 11.6 Å². The van der Waals surface area contributed by atoms with E-state index in [2.05, 4.69) is 20.9 Å². The van der Waals surface area contributed by atoms with Gasteiger partial charge in [-0.15, -0.1) is 0 Å². The minimum Gasteiger partial charge on any atom is -0.477 e. The summed E-state index contributed by atoms with van der Waals surface area (Å²) in [5, 5.41) is 0. The topological polar surface area (TPSA) is 48.1 Å². The van der Waals surface area contributed by atoms with Gasteiger partial charge in [-0.1, -0.05) is 0 Å². The van der Waals surface area contributed by atoms with Gasteiger partial charge in [0.05, 0.1) is 22.5 Å². The summed E-state index contributed by atoms with van der Waals surface area (Å²) >= 11 is 3.31. The van der Waals surface area contributed by atoms with E-state index in [1.807, 2.05) is 13.8 Å². The Morgan fingerprint density at radius 3 is 2.92 bits per heavy atom. The maximum absolute atomic E-state index is 5.64. The molecule has 0 radical (unpaired) electrons. The molecule has 0 spiro atoms. The van der Waals surface area contributed by atoms with Crippen molar-refractivity contribution in [2.45, 2.75) is 13.8 Å². The third-order valence-corrected chi connectivity index (χ3v) is 2.02. The highest BCUT2D eigenvalue weighted by Gasteiger charge is 2.04. The van der Waals surface area contributed by atoms with Gasteiger partial charge >= 0.3 is 0 Å². The molecule has 1 heterocycles. The molecule has 1 rings (SSSR count). The molecule has 0 aliphatic carbocycles. The first-order chi connectivity index (χ1) is 5.65. The zero-order chi connectivity index (χ0) is 9.14. The van der Waals surface area contributed by atoms with E-state index < -0.39 is 0 Å². The predicted molar refractivity (Wildman–Crippen MR) is 52.3 cm³/mol. The van der Waals surface area contributed by atoms with Gasteiger partial charge in [0.25, 0.3) is 0 Å². The van der Waals surface area contributed by atoms with Crippen molar-refractivity contribution >= 4 is 21.6 Å². The second-order valence-corrected chi connectivity index (χ2v) is 3.24. The fourth-order valence-electron chi connectivity index (χ4n) is 0.811. The molecule has 3 nitrogen and oxygen atoms in total. The van der Waals surface area contributed by atoms with Crippen molar-refractivity contribution in [3.63, 3.8) is 0 Å². The lowest BCUT2D eigenvalue weighted by molar-refractivity contribution is 0.324. The molecule has 4 heteroatoms. The summed E-state index contributed by atoms with van der Waals surface area (Å²) in [4.78, 5) is 4.17. The highest BCUT2D eigenvalue weighted by Crippen LogP contribution is 2.26. The van der Waals surface area contributed by atoms with Crippen LogP contribution in [0.1, 0.15) is 12.6 Å². The van der Waals surface area contributed by atoms with Gasteiger partial charge in [0.1, 0.15) is 0 Å². The minimum absolute atomic E-state index is 0.601. The van der Waals surface area contributed by atoms with Gasteiger partial charge < -0.3 is 10.5 Å². The molecular formula is C8H11BrN2O. The van der Waals surface area contributed by atoms with Crippen LogP contribution in [0.5, 0.6) is 5.88 Å². The third-order valence-electron chi connectivity index (χ3n) is 1.45. The van der Waals surface area contributed by atoms with Crippen molar-refractivity contribution in [1.29, 1.82) is 0 Å². The van der Waals surface area contributed by atoms with E-state index in [-0.39, 0.29) is 0 Å². The van der Waals surface area contributed by atoms with E-state index in [0.29, 0.717) is 18.2 Å². The molecule has 0 aromatic carbocycles. The van der Waals surface area contributed by atoms with Crippen molar-refractivity contribution in [2.24, 2.45) is 0 Å². The molecule has 0 saturated carbocycles. The molecule has 0 unspecified atom stereocenters. The number of pyridine rings is 1. The number of nitrogens with two attached hydrogens (primary N) is 1. The lowest BCUT2D eigenvalue weighted by atomic mass is 10.3. The van der Waals surface area contributed by atoms with Gasteiger partial charge in [-0.25, -0.2) is 4.98 Å². The fraction of sp³-hybridized carbons (Fsp3) is 0.375. The smallest absolute Gasteiger partial charge is 0.228 e. The number of anilines is 1. The van der Waals surface area contributed by atoms with Crippen LogP contribution in [0.2, 0.25) is 0 Å². The van der Waals surface area contributed by atoms with Crippen molar-refractivity contribution in [3.05, 3.63) is 16.2 Å². The first kappa shape index (κ1) is 9.32. The average Bonchev–Trinajstić information content (AvgIpc) is 2.01. The van der Waals surface area contributed by atoms with Crippen LogP contribution in [0.4, 0.5) is 5.69 Å². The van der Waals surface area contributed by atoms with Crippen LogP contribution in [0.3, 0.4) is 0 Å². The van der Waals surface area contributed by atoms with Crippen molar-refractivity contribution in [1.82, 2.24) is 4.98 Å². The van der Waals surface area contributed by atoms with E-state index >= 15 is 0 Å². The Morgan fingerprint density at radius 2 is 2.33 bits per heavy atom. The average molecular weight is 231 g/mol. The highest BCUT2D eigenvalue weighted by molar-refractivity contribution is 9.10. The number of hydrogen-bond acceptors (Lipinski definition) is 3. The van der Waals surface area contributed by atoms with Gasteiger partial charge in [-0.2, -0.15) is 0 Å². The molecule has 0 atom stereocenters. The molecule has 0 aliphatic heterocycles. The standard InChI is InChI=1S/C8H11BrN2O/c1-3-12-8-6(9)4-7(10)5(2)11-8/h4H,3,10H2,1-2H3. The Morgan fingerprint density at radius 1 is 1.67 bits per heavy atom. The highest BCUT2D eigenvalue weighted by atomic mass is 79.9. The first-order valence-corrected chi connectivity index (χ1v) is 4.50. The summed E-state index contributed by atoms with van der Waals surface area (Å²) in [7, 11) is 0. The van der Waals surface area contributed by atoms with Crippen LogP contribution in [0, 0.1) is 6.92 Å². The van der Waals surface area contributed by atoms with Crippen molar-refractivity contribution < 1.29 is 4.74 Å². The van der Waals surface area contributed by atoms with E-state index in [1.54, 1.807) is 6.07 Å². The molecule has 1 aromatic heterocycles. The maximum atomic E-state index is 5.64. The number of rotatable bonds is 2. The summed E-state index contributed by atoms with van der Waals surface area (Å²) < 4.78 is 6.06. The Balaban J connectivity index is 3.05. The second kappa shape index (κ2) is 3.76. The molecule has 1 aromatic rings. The Hall–Kier alpha value is -0.770.